The normalized spacial score (nSPS) is 22.5. The SMILES string of the molecule is CNC(=S)Nc1nc(Cl)cc(N2C[C@H](C)C[C@@H](C)C2)n1. The minimum Gasteiger partial charge on any atom is -0.365 e. The first-order chi connectivity index (χ1) is 9.47. The topological polar surface area (TPSA) is 53.1 Å². The van der Waals surface area contributed by atoms with Crippen LogP contribution in [-0.4, -0.2) is 35.2 Å². The minimum atomic E-state index is 0.419. The summed E-state index contributed by atoms with van der Waals surface area (Å²) in [5.41, 5.74) is 0. The van der Waals surface area contributed by atoms with Gasteiger partial charge in [-0.15, -0.1) is 0 Å². The molecule has 2 rings (SSSR count). The molecule has 0 bridgehead atoms. The van der Waals surface area contributed by atoms with Gasteiger partial charge >= 0.3 is 0 Å². The third-order valence-electron chi connectivity index (χ3n) is 3.33. The summed E-state index contributed by atoms with van der Waals surface area (Å²) in [7, 11) is 1.74. The van der Waals surface area contributed by atoms with Crippen LogP contribution in [0.5, 0.6) is 0 Å². The van der Waals surface area contributed by atoms with Crippen molar-refractivity contribution in [3.8, 4) is 0 Å². The molecule has 0 amide bonds. The molecule has 0 spiro atoms. The number of piperidine rings is 1. The second-order valence-electron chi connectivity index (χ2n) is 5.43. The lowest BCUT2D eigenvalue weighted by Gasteiger charge is -2.35. The smallest absolute Gasteiger partial charge is 0.232 e. The second kappa shape index (κ2) is 6.54. The molecule has 20 heavy (non-hydrogen) atoms. The van der Waals surface area contributed by atoms with E-state index < -0.39 is 0 Å². The summed E-state index contributed by atoms with van der Waals surface area (Å²) in [6.45, 7) is 6.52. The number of hydrogen-bond acceptors (Lipinski definition) is 4. The van der Waals surface area contributed by atoms with Crippen LogP contribution in [0.15, 0.2) is 6.07 Å². The van der Waals surface area contributed by atoms with Crippen molar-refractivity contribution in [3.05, 3.63) is 11.2 Å². The van der Waals surface area contributed by atoms with Crippen molar-refractivity contribution >= 4 is 40.7 Å². The molecule has 0 saturated carbocycles. The number of nitrogens with zero attached hydrogens (tertiary/aromatic N) is 3. The molecule has 1 aliphatic rings. The van der Waals surface area contributed by atoms with Crippen molar-refractivity contribution in [3.63, 3.8) is 0 Å². The third kappa shape index (κ3) is 3.93. The molecule has 0 unspecified atom stereocenters. The summed E-state index contributed by atoms with van der Waals surface area (Å²) < 4.78 is 0. The van der Waals surface area contributed by atoms with Crippen LogP contribution < -0.4 is 15.5 Å². The van der Waals surface area contributed by atoms with E-state index in [1.807, 2.05) is 0 Å². The monoisotopic (exact) mass is 313 g/mol. The Balaban J connectivity index is 2.20. The Morgan fingerprint density at radius 2 is 2.00 bits per heavy atom. The van der Waals surface area contributed by atoms with Crippen LogP contribution in [0.2, 0.25) is 5.15 Å². The number of aromatic nitrogens is 2. The fourth-order valence-electron chi connectivity index (χ4n) is 2.64. The van der Waals surface area contributed by atoms with Crippen LogP contribution in [-0.2, 0) is 0 Å². The van der Waals surface area contributed by atoms with E-state index in [-0.39, 0.29) is 0 Å². The van der Waals surface area contributed by atoms with E-state index >= 15 is 0 Å². The highest BCUT2D eigenvalue weighted by Gasteiger charge is 2.23. The van der Waals surface area contributed by atoms with Crippen LogP contribution >= 0.6 is 23.8 Å². The van der Waals surface area contributed by atoms with Crippen molar-refractivity contribution in [2.75, 3.05) is 30.4 Å². The summed E-state index contributed by atoms with van der Waals surface area (Å²) in [6.07, 6.45) is 1.25. The van der Waals surface area contributed by atoms with E-state index in [9.17, 15) is 0 Å². The summed E-state index contributed by atoms with van der Waals surface area (Å²) in [5.74, 6) is 2.59. The molecule has 0 aliphatic carbocycles. The Bertz CT molecular complexity index is 486. The predicted molar refractivity (Wildman–Crippen MR) is 87.5 cm³/mol. The van der Waals surface area contributed by atoms with E-state index in [2.05, 4.69) is 39.3 Å². The van der Waals surface area contributed by atoms with E-state index in [4.69, 9.17) is 23.8 Å². The van der Waals surface area contributed by atoms with Gasteiger partial charge in [-0.1, -0.05) is 25.4 Å². The lowest BCUT2D eigenvalue weighted by Crippen LogP contribution is -2.39. The maximum Gasteiger partial charge on any atom is 0.232 e. The maximum absolute atomic E-state index is 6.09. The van der Waals surface area contributed by atoms with Gasteiger partial charge in [0.05, 0.1) is 0 Å². The van der Waals surface area contributed by atoms with Gasteiger partial charge in [-0.2, -0.15) is 4.98 Å². The molecule has 5 nitrogen and oxygen atoms in total. The zero-order chi connectivity index (χ0) is 14.7. The maximum atomic E-state index is 6.09. The highest BCUT2D eigenvalue weighted by molar-refractivity contribution is 7.80. The lowest BCUT2D eigenvalue weighted by molar-refractivity contribution is 0.355. The fraction of sp³-hybridized carbons (Fsp3) is 0.615. The zero-order valence-electron chi connectivity index (χ0n) is 12.0. The number of nitrogens with one attached hydrogen (secondary N) is 2. The van der Waals surface area contributed by atoms with Gasteiger partial charge in [0, 0.05) is 26.2 Å². The Labute approximate surface area is 130 Å². The van der Waals surface area contributed by atoms with E-state index in [1.165, 1.54) is 6.42 Å². The fourth-order valence-corrected chi connectivity index (χ4v) is 2.91. The molecule has 0 radical (unpaired) electrons. The molecular weight excluding hydrogens is 294 g/mol. The van der Waals surface area contributed by atoms with Crippen LogP contribution in [0.4, 0.5) is 11.8 Å². The first-order valence-electron chi connectivity index (χ1n) is 6.76. The molecule has 2 atom stereocenters. The van der Waals surface area contributed by atoms with Crippen molar-refractivity contribution in [1.29, 1.82) is 0 Å². The second-order valence-corrected chi connectivity index (χ2v) is 6.22. The van der Waals surface area contributed by atoms with Crippen LogP contribution in [0.25, 0.3) is 0 Å². The van der Waals surface area contributed by atoms with Crippen LogP contribution in [0, 0.1) is 11.8 Å². The first kappa shape index (κ1) is 15.3. The van der Waals surface area contributed by atoms with Crippen LogP contribution in [0.1, 0.15) is 20.3 Å². The number of thiocarbonyl (C=S) groups is 1. The number of anilines is 2. The highest BCUT2D eigenvalue weighted by atomic mass is 35.5. The van der Waals surface area contributed by atoms with Crippen molar-refractivity contribution in [2.24, 2.45) is 11.8 Å². The standard InChI is InChI=1S/C13H20ClN5S/c1-8-4-9(2)7-19(6-8)11-5-10(14)16-12(17-11)18-13(20)15-3/h5,8-9H,4,6-7H2,1-3H3,(H2,15,16,17,18,20)/t8-,9-/m1/s1. The average Bonchev–Trinajstić information content (AvgIpc) is 2.36. The summed E-state index contributed by atoms with van der Waals surface area (Å²) >= 11 is 11.1. The predicted octanol–water partition coefficient (Wildman–Crippen LogP) is 2.53. The van der Waals surface area contributed by atoms with E-state index in [0.29, 0.717) is 28.0 Å². The largest absolute Gasteiger partial charge is 0.365 e. The van der Waals surface area contributed by atoms with E-state index in [0.717, 1.165) is 18.9 Å². The Hall–Kier alpha value is -1.14. The molecule has 2 N–H and O–H groups in total. The van der Waals surface area contributed by atoms with Gasteiger partial charge in [0.1, 0.15) is 11.0 Å². The van der Waals surface area contributed by atoms with Crippen LogP contribution in [0.3, 0.4) is 0 Å². The average molecular weight is 314 g/mol. The first-order valence-corrected chi connectivity index (χ1v) is 7.54. The molecule has 110 valence electrons. The number of rotatable bonds is 2. The Morgan fingerprint density at radius 3 is 2.60 bits per heavy atom. The zero-order valence-corrected chi connectivity index (χ0v) is 13.6. The molecule has 7 heteroatoms. The van der Waals surface area contributed by atoms with Gasteiger partial charge in [0.15, 0.2) is 5.11 Å². The summed E-state index contributed by atoms with van der Waals surface area (Å²) in [5, 5.41) is 6.64. The lowest BCUT2D eigenvalue weighted by atomic mass is 9.92. The Kier molecular flexibility index (Phi) is 4.99. The molecule has 1 aromatic heterocycles. The van der Waals surface area contributed by atoms with Gasteiger partial charge in [-0.25, -0.2) is 4.98 Å². The Morgan fingerprint density at radius 1 is 1.35 bits per heavy atom. The van der Waals surface area contributed by atoms with Gasteiger partial charge in [0.25, 0.3) is 0 Å². The molecule has 1 aliphatic heterocycles. The van der Waals surface area contributed by atoms with E-state index in [1.54, 1.807) is 13.1 Å². The third-order valence-corrected chi connectivity index (χ3v) is 3.83. The molecule has 1 saturated heterocycles. The van der Waals surface area contributed by atoms with Gasteiger partial charge in [0.2, 0.25) is 5.95 Å². The molecule has 2 heterocycles. The van der Waals surface area contributed by atoms with Crippen molar-refractivity contribution in [1.82, 2.24) is 15.3 Å². The van der Waals surface area contributed by atoms with Crippen molar-refractivity contribution in [2.45, 2.75) is 20.3 Å². The number of hydrogen-bond donors (Lipinski definition) is 2. The summed E-state index contributed by atoms with van der Waals surface area (Å²) in [4.78, 5) is 10.9. The van der Waals surface area contributed by atoms with Gasteiger partial charge < -0.3 is 15.5 Å². The highest BCUT2D eigenvalue weighted by Crippen LogP contribution is 2.26. The quantitative estimate of drug-likeness (QED) is 0.646. The number of halogens is 1. The minimum absolute atomic E-state index is 0.419. The molecular formula is C13H20ClN5S. The molecule has 1 fully saturated rings. The van der Waals surface area contributed by atoms with Gasteiger partial charge in [-0.3, -0.25) is 0 Å². The van der Waals surface area contributed by atoms with Crippen molar-refractivity contribution < 1.29 is 0 Å². The summed E-state index contributed by atoms with van der Waals surface area (Å²) in [6, 6.07) is 1.81. The van der Waals surface area contributed by atoms with Gasteiger partial charge in [-0.05, 0) is 30.5 Å². The molecule has 0 aromatic carbocycles. The molecule has 1 aromatic rings.